The average Bonchev–Trinajstić information content (AvgIpc) is 3.07. The first-order valence-corrected chi connectivity index (χ1v) is 9.21. The lowest BCUT2D eigenvalue weighted by Crippen LogP contribution is -2.40. The van der Waals surface area contributed by atoms with E-state index in [1.54, 1.807) is 7.05 Å². The molecule has 0 unspecified atom stereocenters. The highest BCUT2D eigenvalue weighted by atomic mass is 32.2. The Morgan fingerprint density at radius 1 is 1.12 bits per heavy atom. The molecule has 6 nitrogen and oxygen atoms in total. The van der Waals surface area contributed by atoms with E-state index in [-0.39, 0.29) is 17.2 Å². The van der Waals surface area contributed by atoms with Gasteiger partial charge in [0.05, 0.1) is 5.75 Å². The number of nitrogens with zero attached hydrogens (tertiary/aromatic N) is 2. The normalized spacial score (nSPS) is 12.2. The molecule has 0 bridgehead atoms. The summed E-state index contributed by atoms with van der Waals surface area (Å²) in [5, 5.41) is 6.02. The van der Waals surface area contributed by atoms with Crippen molar-refractivity contribution in [3.63, 3.8) is 0 Å². The van der Waals surface area contributed by atoms with Gasteiger partial charge in [0.25, 0.3) is 0 Å². The molecule has 0 atom stereocenters. The summed E-state index contributed by atoms with van der Waals surface area (Å²) in [6.45, 7) is 1.55. The maximum absolute atomic E-state index is 13.6. The van der Waals surface area contributed by atoms with Gasteiger partial charge in [-0.1, -0.05) is 12.1 Å². The summed E-state index contributed by atoms with van der Waals surface area (Å²) >= 11 is 0. The number of hydrogen-bond acceptors (Lipinski definition) is 3. The zero-order valence-electron chi connectivity index (χ0n) is 13.4. The molecule has 1 heterocycles. The molecule has 1 aromatic heterocycles. The molecular formula is C16H21FN4O2S. The topological polar surface area (TPSA) is 75.5 Å². The second-order valence-corrected chi connectivity index (χ2v) is 7.17. The Bertz CT molecular complexity index is 773. The van der Waals surface area contributed by atoms with Crippen molar-refractivity contribution in [2.75, 3.05) is 25.9 Å². The van der Waals surface area contributed by atoms with Crippen molar-refractivity contribution in [2.24, 2.45) is 4.99 Å². The lowest BCUT2D eigenvalue weighted by molar-refractivity contribution is 0.566. The number of sulfone groups is 1. The van der Waals surface area contributed by atoms with Crippen LogP contribution >= 0.6 is 0 Å². The number of benzene rings is 1. The average molecular weight is 352 g/mol. The summed E-state index contributed by atoms with van der Waals surface area (Å²) < 4.78 is 39.9. The van der Waals surface area contributed by atoms with Crippen molar-refractivity contribution < 1.29 is 12.8 Å². The third-order valence-electron chi connectivity index (χ3n) is 3.39. The smallest absolute Gasteiger partial charge is 0.191 e. The third-order valence-corrected chi connectivity index (χ3v) is 5.13. The second kappa shape index (κ2) is 8.49. The van der Waals surface area contributed by atoms with Crippen molar-refractivity contribution in [1.82, 2.24) is 15.2 Å². The fourth-order valence-corrected chi connectivity index (χ4v) is 3.40. The van der Waals surface area contributed by atoms with Gasteiger partial charge in [0, 0.05) is 39.1 Å². The molecule has 0 saturated carbocycles. The minimum atomic E-state index is -3.68. The predicted octanol–water partition coefficient (Wildman–Crippen LogP) is 1.27. The highest BCUT2D eigenvalue weighted by Gasteiger charge is 2.18. The first-order valence-electron chi connectivity index (χ1n) is 7.55. The van der Waals surface area contributed by atoms with Gasteiger partial charge in [-0.3, -0.25) is 4.99 Å². The monoisotopic (exact) mass is 352 g/mol. The van der Waals surface area contributed by atoms with E-state index >= 15 is 0 Å². The number of guanidine groups is 1. The summed E-state index contributed by atoms with van der Waals surface area (Å²) in [5.41, 5.74) is 0. The third kappa shape index (κ3) is 5.09. The van der Waals surface area contributed by atoms with Gasteiger partial charge in [0.1, 0.15) is 10.7 Å². The Morgan fingerprint density at radius 2 is 1.79 bits per heavy atom. The molecule has 1 aromatic carbocycles. The molecule has 0 aliphatic rings. The molecule has 2 rings (SSSR count). The van der Waals surface area contributed by atoms with E-state index in [1.165, 1.54) is 18.2 Å². The number of rotatable bonds is 7. The van der Waals surface area contributed by atoms with Gasteiger partial charge in [-0.15, -0.1) is 0 Å². The molecule has 0 radical (unpaired) electrons. The number of hydrogen-bond donors (Lipinski definition) is 2. The van der Waals surface area contributed by atoms with E-state index in [9.17, 15) is 12.8 Å². The van der Waals surface area contributed by atoms with E-state index in [0.29, 0.717) is 12.5 Å². The Balaban J connectivity index is 1.80. The number of aliphatic imine (C=N–C) groups is 1. The van der Waals surface area contributed by atoms with Crippen LogP contribution < -0.4 is 10.6 Å². The molecule has 0 fully saturated rings. The molecule has 2 N–H and O–H groups in total. The number of nitrogens with one attached hydrogen (secondary N) is 2. The molecular weight excluding hydrogens is 331 g/mol. The molecule has 0 aliphatic heterocycles. The first-order chi connectivity index (χ1) is 11.5. The lowest BCUT2D eigenvalue weighted by Gasteiger charge is -2.12. The SMILES string of the molecule is CN=C(NCCn1cccc1)NCCS(=O)(=O)c1ccccc1F. The Labute approximate surface area is 141 Å². The van der Waals surface area contributed by atoms with E-state index in [2.05, 4.69) is 15.6 Å². The Kier molecular flexibility index (Phi) is 6.36. The van der Waals surface area contributed by atoms with E-state index in [0.717, 1.165) is 12.6 Å². The van der Waals surface area contributed by atoms with Gasteiger partial charge in [0.15, 0.2) is 15.8 Å². The second-order valence-electron chi connectivity index (χ2n) is 5.10. The van der Waals surface area contributed by atoms with Crippen LogP contribution in [0, 0.1) is 5.82 Å². The molecule has 0 aliphatic carbocycles. The summed E-state index contributed by atoms with van der Waals surface area (Å²) in [4.78, 5) is 3.76. The van der Waals surface area contributed by atoms with Gasteiger partial charge < -0.3 is 15.2 Å². The zero-order valence-corrected chi connectivity index (χ0v) is 14.3. The summed E-state index contributed by atoms with van der Waals surface area (Å²) in [7, 11) is -2.07. The van der Waals surface area contributed by atoms with Crippen molar-refractivity contribution >= 4 is 15.8 Å². The van der Waals surface area contributed by atoms with E-state index in [1.807, 2.05) is 29.1 Å². The van der Waals surface area contributed by atoms with Crippen LogP contribution in [0.1, 0.15) is 0 Å². The summed E-state index contributed by atoms with van der Waals surface area (Å²) in [6.07, 6.45) is 3.91. The van der Waals surface area contributed by atoms with Crippen LogP contribution in [0.25, 0.3) is 0 Å². The van der Waals surface area contributed by atoms with E-state index < -0.39 is 15.7 Å². The largest absolute Gasteiger partial charge is 0.355 e. The van der Waals surface area contributed by atoms with Crippen LogP contribution in [-0.2, 0) is 16.4 Å². The quantitative estimate of drug-likeness (QED) is 0.581. The minimum absolute atomic E-state index is 0.139. The zero-order chi connectivity index (χ0) is 17.4. The van der Waals surface area contributed by atoms with Crippen molar-refractivity contribution in [2.45, 2.75) is 11.4 Å². The van der Waals surface area contributed by atoms with Gasteiger partial charge in [-0.2, -0.15) is 0 Å². The van der Waals surface area contributed by atoms with Crippen LogP contribution in [0.5, 0.6) is 0 Å². The maximum atomic E-state index is 13.6. The van der Waals surface area contributed by atoms with Gasteiger partial charge in [0.2, 0.25) is 0 Å². The Hall–Kier alpha value is -2.35. The van der Waals surface area contributed by atoms with Gasteiger partial charge >= 0.3 is 0 Å². The van der Waals surface area contributed by atoms with Crippen molar-refractivity contribution in [3.05, 3.63) is 54.6 Å². The fraction of sp³-hybridized carbons (Fsp3) is 0.312. The Morgan fingerprint density at radius 3 is 2.46 bits per heavy atom. The maximum Gasteiger partial charge on any atom is 0.191 e. The summed E-state index contributed by atoms with van der Waals surface area (Å²) in [6, 6.07) is 9.27. The number of halogens is 1. The van der Waals surface area contributed by atoms with Crippen molar-refractivity contribution in [1.29, 1.82) is 0 Å². The molecule has 0 amide bonds. The van der Waals surface area contributed by atoms with E-state index in [4.69, 9.17) is 0 Å². The molecule has 0 spiro atoms. The van der Waals surface area contributed by atoms with Crippen LogP contribution in [0.3, 0.4) is 0 Å². The molecule has 0 saturated heterocycles. The van der Waals surface area contributed by atoms with Crippen LogP contribution in [0.4, 0.5) is 4.39 Å². The molecule has 24 heavy (non-hydrogen) atoms. The predicted molar refractivity (Wildman–Crippen MR) is 92.2 cm³/mol. The molecule has 8 heteroatoms. The van der Waals surface area contributed by atoms with Crippen LogP contribution in [0.15, 0.2) is 58.7 Å². The first kappa shape index (κ1) is 18.0. The fourth-order valence-electron chi connectivity index (χ4n) is 2.15. The van der Waals surface area contributed by atoms with Crippen molar-refractivity contribution in [3.8, 4) is 0 Å². The lowest BCUT2D eigenvalue weighted by atomic mass is 10.3. The summed E-state index contributed by atoms with van der Waals surface area (Å²) in [5.74, 6) is -0.440. The number of aromatic nitrogens is 1. The molecule has 2 aromatic rings. The standard InChI is InChI=1S/C16H21FN4O2S/c1-18-16(19-8-12-21-10-4-5-11-21)20-9-13-24(22,23)15-7-3-2-6-14(15)17/h2-7,10-11H,8-9,12-13H2,1H3,(H2,18,19,20). The highest BCUT2D eigenvalue weighted by molar-refractivity contribution is 7.91. The minimum Gasteiger partial charge on any atom is -0.355 e. The molecule has 130 valence electrons. The van der Waals surface area contributed by atoms with Crippen LogP contribution in [0.2, 0.25) is 0 Å². The highest BCUT2D eigenvalue weighted by Crippen LogP contribution is 2.14. The van der Waals surface area contributed by atoms with Gasteiger partial charge in [-0.25, -0.2) is 12.8 Å². The van der Waals surface area contributed by atoms with Gasteiger partial charge in [-0.05, 0) is 24.3 Å². The van der Waals surface area contributed by atoms with Crippen LogP contribution in [-0.4, -0.2) is 44.8 Å².